The van der Waals surface area contributed by atoms with Crippen molar-refractivity contribution in [1.29, 1.82) is 0 Å². The first-order chi connectivity index (χ1) is 41.5. The molecule has 0 aromatic rings. The third-order valence-corrected chi connectivity index (χ3v) is 17.9. The predicted octanol–water partition coefficient (Wildman–Crippen LogP) is 25.0. The summed E-state index contributed by atoms with van der Waals surface area (Å²) in [5.74, 6) is -0.0497. The molecule has 0 saturated carbocycles. The number of carbonyl (C=O) groups excluding carboxylic acids is 2. The largest absolute Gasteiger partial charge is 0.466 e. The van der Waals surface area contributed by atoms with Crippen molar-refractivity contribution in [3.05, 3.63) is 36.5 Å². The lowest BCUT2D eigenvalue weighted by molar-refractivity contribution is -0.143. The number of nitrogens with one attached hydrogen (secondary N) is 1. The van der Waals surface area contributed by atoms with Crippen molar-refractivity contribution >= 4 is 11.9 Å². The van der Waals surface area contributed by atoms with Crippen LogP contribution in [0.3, 0.4) is 0 Å². The Bertz CT molecular complexity index is 1360. The van der Waals surface area contributed by atoms with E-state index in [9.17, 15) is 19.8 Å². The summed E-state index contributed by atoms with van der Waals surface area (Å²) in [7, 11) is 0. The fourth-order valence-corrected chi connectivity index (χ4v) is 12.0. The van der Waals surface area contributed by atoms with Crippen LogP contribution in [0.5, 0.6) is 0 Å². The Balaban J connectivity index is 3.39. The number of hydrogen-bond donors (Lipinski definition) is 3. The molecule has 0 bridgehead atoms. The quantitative estimate of drug-likeness (QED) is 0.0320. The SMILES string of the molecule is CCCCCCCC/C=C\CCCCCCCCCCCC(=O)OCCCCCCCCCCCCCC/C=C\CCCCCCCCCCCCCC(=O)NC(CO)C(O)/C=C/CCCCCCCCCCCCCCCCCCCCC. The number of aliphatic hydroxyl groups is 2. The Morgan fingerprint density at radius 3 is 0.845 bits per heavy atom. The highest BCUT2D eigenvalue weighted by atomic mass is 16.5. The van der Waals surface area contributed by atoms with E-state index in [4.69, 9.17) is 4.74 Å². The number of ether oxygens (including phenoxy) is 1. The molecule has 0 heterocycles. The van der Waals surface area contributed by atoms with Gasteiger partial charge in [0, 0.05) is 12.8 Å². The molecule has 0 radical (unpaired) electrons. The molecule has 0 aromatic heterocycles. The van der Waals surface area contributed by atoms with Crippen molar-refractivity contribution in [3.8, 4) is 0 Å². The van der Waals surface area contributed by atoms with Gasteiger partial charge < -0.3 is 20.3 Å². The van der Waals surface area contributed by atoms with Gasteiger partial charge in [-0.15, -0.1) is 0 Å². The van der Waals surface area contributed by atoms with Gasteiger partial charge in [-0.1, -0.05) is 365 Å². The molecule has 6 heteroatoms. The molecule has 0 aliphatic heterocycles. The second-order valence-electron chi connectivity index (χ2n) is 26.3. The molecule has 2 unspecified atom stereocenters. The van der Waals surface area contributed by atoms with Gasteiger partial charge in [0.15, 0.2) is 0 Å². The summed E-state index contributed by atoms with van der Waals surface area (Å²) in [6.45, 7) is 4.94. The van der Waals surface area contributed by atoms with Crippen molar-refractivity contribution < 1.29 is 24.5 Å². The second kappa shape index (κ2) is 73.5. The van der Waals surface area contributed by atoms with Gasteiger partial charge in [-0.2, -0.15) is 0 Å². The minimum atomic E-state index is -0.846. The third kappa shape index (κ3) is 69.2. The molecule has 0 aliphatic carbocycles. The van der Waals surface area contributed by atoms with Gasteiger partial charge in [-0.3, -0.25) is 9.59 Å². The van der Waals surface area contributed by atoms with Gasteiger partial charge in [0.1, 0.15) is 0 Å². The molecule has 3 N–H and O–H groups in total. The minimum Gasteiger partial charge on any atom is -0.466 e. The number of rotatable bonds is 72. The first-order valence-electron chi connectivity index (χ1n) is 38.3. The highest BCUT2D eigenvalue weighted by Crippen LogP contribution is 2.19. The number of aliphatic hydroxyl groups excluding tert-OH is 2. The van der Waals surface area contributed by atoms with Crippen molar-refractivity contribution in [3.63, 3.8) is 0 Å². The van der Waals surface area contributed by atoms with Gasteiger partial charge >= 0.3 is 5.97 Å². The zero-order valence-electron chi connectivity index (χ0n) is 56.9. The lowest BCUT2D eigenvalue weighted by Gasteiger charge is -2.20. The molecule has 496 valence electrons. The molecule has 0 saturated heterocycles. The monoisotopic (exact) mass is 1180 g/mol. The van der Waals surface area contributed by atoms with Crippen LogP contribution in [0, 0.1) is 0 Å². The Hall–Kier alpha value is -1.92. The highest BCUT2D eigenvalue weighted by Gasteiger charge is 2.18. The van der Waals surface area contributed by atoms with Crippen LogP contribution in [-0.4, -0.2) is 47.4 Å². The van der Waals surface area contributed by atoms with Crippen LogP contribution in [0.2, 0.25) is 0 Å². The molecular weight excluding hydrogens is 1030 g/mol. The predicted molar refractivity (Wildman–Crippen MR) is 370 cm³/mol. The normalized spacial score (nSPS) is 12.7. The van der Waals surface area contributed by atoms with E-state index in [1.54, 1.807) is 6.08 Å². The van der Waals surface area contributed by atoms with E-state index in [1.807, 2.05) is 6.08 Å². The zero-order chi connectivity index (χ0) is 60.6. The maximum Gasteiger partial charge on any atom is 0.305 e. The van der Waals surface area contributed by atoms with E-state index in [2.05, 4.69) is 43.5 Å². The Kier molecular flexibility index (Phi) is 71.9. The molecule has 1 amide bonds. The molecule has 0 rings (SSSR count). The molecule has 0 aliphatic rings. The smallest absolute Gasteiger partial charge is 0.305 e. The summed E-state index contributed by atoms with van der Waals surface area (Å²) in [4.78, 5) is 24.7. The fourth-order valence-electron chi connectivity index (χ4n) is 12.0. The average molecular weight is 1180 g/mol. The van der Waals surface area contributed by atoms with E-state index in [1.165, 1.54) is 360 Å². The molecule has 84 heavy (non-hydrogen) atoms. The lowest BCUT2D eigenvalue weighted by atomic mass is 10.0. The van der Waals surface area contributed by atoms with Gasteiger partial charge in [-0.25, -0.2) is 0 Å². The highest BCUT2D eigenvalue weighted by molar-refractivity contribution is 5.76. The van der Waals surface area contributed by atoms with Gasteiger partial charge in [0.05, 0.1) is 25.4 Å². The van der Waals surface area contributed by atoms with Gasteiger partial charge in [0.25, 0.3) is 0 Å². The molecule has 0 spiro atoms. The van der Waals surface area contributed by atoms with Crippen LogP contribution in [0.15, 0.2) is 36.5 Å². The fraction of sp³-hybridized carbons (Fsp3) is 0.897. The van der Waals surface area contributed by atoms with E-state index < -0.39 is 12.1 Å². The standard InChI is InChI=1S/C78H149NO5/c1-3-5-7-9-11-13-15-17-19-21-23-31-35-38-42-46-50-54-58-62-66-70-76(81)75(74-80)79-77(82)71-67-63-59-55-51-47-43-39-36-32-29-27-25-24-26-28-30-33-37-41-45-49-53-57-61-65-69-73-84-78(83)72-68-64-60-56-52-48-44-40-34-22-20-18-16-14-12-10-8-6-4-2/h18,20,24-25,66,70,75-76,80-81H,3-17,19,21-23,26-65,67-69,71-74H2,1-2H3,(H,79,82)/b20-18-,25-24-,70-66+. The van der Waals surface area contributed by atoms with E-state index in [0.717, 1.165) is 38.5 Å². The van der Waals surface area contributed by atoms with Crippen LogP contribution in [0.4, 0.5) is 0 Å². The van der Waals surface area contributed by atoms with Gasteiger partial charge in [-0.05, 0) is 83.5 Å². The second-order valence-corrected chi connectivity index (χ2v) is 26.3. The zero-order valence-corrected chi connectivity index (χ0v) is 56.9. The lowest BCUT2D eigenvalue weighted by Crippen LogP contribution is -2.45. The third-order valence-electron chi connectivity index (χ3n) is 17.9. The first kappa shape index (κ1) is 82.1. The van der Waals surface area contributed by atoms with Gasteiger partial charge in [0.2, 0.25) is 5.91 Å². The van der Waals surface area contributed by atoms with Crippen LogP contribution >= 0.6 is 0 Å². The van der Waals surface area contributed by atoms with Crippen molar-refractivity contribution in [1.82, 2.24) is 5.32 Å². The molecule has 0 fully saturated rings. The Morgan fingerprint density at radius 2 is 0.560 bits per heavy atom. The van der Waals surface area contributed by atoms with Crippen LogP contribution in [0.25, 0.3) is 0 Å². The van der Waals surface area contributed by atoms with Crippen LogP contribution < -0.4 is 5.32 Å². The molecular formula is C78H149NO5. The Labute approximate surface area is 525 Å². The van der Waals surface area contributed by atoms with Crippen LogP contribution in [-0.2, 0) is 14.3 Å². The van der Waals surface area contributed by atoms with E-state index in [0.29, 0.717) is 19.4 Å². The topological polar surface area (TPSA) is 95.9 Å². The number of carbonyl (C=O) groups is 2. The van der Waals surface area contributed by atoms with Crippen LogP contribution in [0.1, 0.15) is 425 Å². The minimum absolute atomic E-state index is 0.0151. The summed E-state index contributed by atoms with van der Waals surface area (Å²) >= 11 is 0. The Morgan fingerprint density at radius 1 is 0.321 bits per heavy atom. The van der Waals surface area contributed by atoms with Crippen molar-refractivity contribution in [2.24, 2.45) is 0 Å². The van der Waals surface area contributed by atoms with Crippen molar-refractivity contribution in [2.45, 2.75) is 437 Å². The number of esters is 1. The summed E-state index contributed by atoms with van der Waals surface area (Å²) in [6.07, 6.45) is 95.3. The molecule has 6 nitrogen and oxygen atoms in total. The maximum absolute atomic E-state index is 12.5. The van der Waals surface area contributed by atoms with Crippen molar-refractivity contribution in [2.75, 3.05) is 13.2 Å². The number of amides is 1. The maximum atomic E-state index is 12.5. The molecule has 2 atom stereocenters. The average Bonchev–Trinajstić information content (AvgIpc) is 3.51. The number of hydrogen-bond acceptors (Lipinski definition) is 5. The van der Waals surface area contributed by atoms with E-state index >= 15 is 0 Å². The number of allylic oxidation sites excluding steroid dienone is 5. The summed E-state index contributed by atoms with van der Waals surface area (Å²) < 4.78 is 5.51. The summed E-state index contributed by atoms with van der Waals surface area (Å²) in [5, 5.41) is 23.3. The summed E-state index contributed by atoms with van der Waals surface area (Å²) in [6, 6.07) is -0.630. The number of unbranched alkanes of at least 4 members (excludes halogenated alkanes) is 57. The summed E-state index contributed by atoms with van der Waals surface area (Å²) in [5.41, 5.74) is 0. The van der Waals surface area contributed by atoms with E-state index in [-0.39, 0.29) is 18.5 Å². The molecule has 0 aromatic carbocycles. The first-order valence-corrected chi connectivity index (χ1v) is 38.3.